The molecule has 0 aliphatic rings. The van der Waals surface area contributed by atoms with Crippen molar-refractivity contribution in [2.24, 2.45) is 0 Å². The Labute approximate surface area is 117 Å². The average Bonchev–Trinajstić information content (AvgIpc) is 2.42. The molecule has 0 saturated heterocycles. The van der Waals surface area contributed by atoms with Crippen LogP contribution in [0.1, 0.15) is 31.4 Å². The molecule has 2 N–H and O–H groups in total. The van der Waals surface area contributed by atoms with Crippen LogP contribution in [0.4, 0.5) is 8.78 Å². The lowest BCUT2D eigenvalue weighted by Crippen LogP contribution is -2.30. The van der Waals surface area contributed by atoms with Crippen LogP contribution >= 0.6 is 0 Å². The first-order chi connectivity index (χ1) is 9.58. The molecular formula is C14H20F2N2O2. The molecule has 112 valence electrons. The zero-order valence-corrected chi connectivity index (χ0v) is 11.7. The van der Waals surface area contributed by atoms with Crippen LogP contribution in [-0.4, -0.2) is 26.1 Å². The lowest BCUT2D eigenvalue weighted by atomic mass is 10.0. The normalized spacial score (nSPS) is 12.2. The Bertz CT molecular complexity index is 427. The quantitative estimate of drug-likeness (QED) is 0.772. The van der Waals surface area contributed by atoms with Crippen molar-refractivity contribution >= 4 is 5.91 Å². The second-order valence-electron chi connectivity index (χ2n) is 4.30. The van der Waals surface area contributed by atoms with Gasteiger partial charge in [0, 0.05) is 18.5 Å². The predicted octanol–water partition coefficient (Wildman–Crippen LogP) is 2.46. The molecule has 4 nitrogen and oxygen atoms in total. The summed E-state index contributed by atoms with van der Waals surface area (Å²) in [5.74, 6) is -0.0266. The SMILES string of the molecule is CCC(NC(=O)CCNC)c1ccccc1OC(F)F. The summed E-state index contributed by atoms with van der Waals surface area (Å²) < 4.78 is 29.3. The van der Waals surface area contributed by atoms with Crippen molar-refractivity contribution < 1.29 is 18.3 Å². The highest BCUT2D eigenvalue weighted by Crippen LogP contribution is 2.28. The van der Waals surface area contributed by atoms with Gasteiger partial charge in [-0.15, -0.1) is 0 Å². The number of amides is 1. The summed E-state index contributed by atoms with van der Waals surface area (Å²) in [5, 5.41) is 5.71. The number of hydrogen-bond donors (Lipinski definition) is 2. The number of nitrogens with one attached hydrogen (secondary N) is 2. The molecule has 0 fully saturated rings. The first-order valence-electron chi connectivity index (χ1n) is 6.56. The molecule has 0 aliphatic heterocycles. The van der Waals surface area contributed by atoms with Gasteiger partial charge < -0.3 is 15.4 Å². The predicted molar refractivity (Wildman–Crippen MR) is 72.8 cm³/mol. The second kappa shape index (κ2) is 8.47. The van der Waals surface area contributed by atoms with E-state index in [1.807, 2.05) is 6.92 Å². The van der Waals surface area contributed by atoms with Crippen LogP contribution < -0.4 is 15.4 Å². The number of carbonyl (C=O) groups is 1. The molecule has 1 amide bonds. The van der Waals surface area contributed by atoms with Gasteiger partial charge in [0.2, 0.25) is 5.91 Å². The first-order valence-corrected chi connectivity index (χ1v) is 6.56. The smallest absolute Gasteiger partial charge is 0.387 e. The number of para-hydroxylation sites is 1. The molecule has 1 aromatic carbocycles. The van der Waals surface area contributed by atoms with E-state index in [4.69, 9.17) is 0 Å². The summed E-state index contributed by atoms with van der Waals surface area (Å²) in [7, 11) is 1.76. The fraction of sp³-hybridized carbons (Fsp3) is 0.500. The van der Waals surface area contributed by atoms with E-state index >= 15 is 0 Å². The van der Waals surface area contributed by atoms with E-state index < -0.39 is 6.61 Å². The third kappa shape index (κ3) is 5.13. The summed E-state index contributed by atoms with van der Waals surface area (Å²) in [6.07, 6.45) is 0.930. The number of rotatable bonds is 8. The van der Waals surface area contributed by atoms with Crippen molar-refractivity contribution in [1.29, 1.82) is 0 Å². The Morgan fingerprint density at radius 2 is 2.05 bits per heavy atom. The zero-order valence-electron chi connectivity index (χ0n) is 11.7. The molecular weight excluding hydrogens is 266 g/mol. The van der Waals surface area contributed by atoms with Crippen LogP contribution in [0.15, 0.2) is 24.3 Å². The number of alkyl halides is 2. The number of halogens is 2. The molecule has 0 aromatic heterocycles. The molecule has 0 spiro atoms. The van der Waals surface area contributed by atoms with Gasteiger partial charge in [-0.3, -0.25) is 4.79 Å². The van der Waals surface area contributed by atoms with Crippen LogP contribution in [0, 0.1) is 0 Å². The highest BCUT2D eigenvalue weighted by Gasteiger charge is 2.18. The number of hydrogen-bond acceptors (Lipinski definition) is 3. The monoisotopic (exact) mass is 286 g/mol. The van der Waals surface area contributed by atoms with E-state index in [0.717, 1.165) is 0 Å². The fourth-order valence-electron chi connectivity index (χ4n) is 1.88. The van der Waals surface area contributed by atoms with Crippen molar-refractivity contribution in [3.05, 3.63) is 29.8 Å². The molecule has 0 heterocycles. The topological polar surface area (TPSA) is 50.4 Å². The number of benzene rings is 1. The molecule has 0 radical (unpaired) electrons. The standard InChI is InChI=1S/C14H20F2N2O2/c1-3-11(18-13(19)8-9-17-2)10-6-4-5-7-12(10)20-14(15)16/h4-7,11,14,17H,3,8-9H2,1-2H3,(H,18,19). The van der Waals surface area contributed by atoms with Gasteiger partial charge in [0.15, 0.2) is 0 Å². The molecule has 6 heteroatoms. The van der Waals surface area contributed by atoms with Crippen LogP contribution in [0.5, 0.6) is 5.75 Å². The van der Waals surface area contributed by atoms with Gasteiger partial charge in [0.1, 0.15) is 5.75 Å². The highest BCUT2D eigenvalue weighted by molar-refractivity contribution is 5.76. The Morgan fingerprint density at radius 3 is 2.65 bits per heavy atom. The third-order valence-corrected chi connectivity index (χ3v) is 2.86. The minimum atomic E-state index is -2.88. The molecule has 20 heavy (non-hydrogen) atoms. The van der Waals surface area contributed by atoms with Crippen molar-refractivity contribution in [3.63, 3.8) is 0 Å². The van der Waals surface area contributed by atoms with E-state index in [1.54, 1.807) is 25.2 Å². The summed E-state index contributed by atoms with van der Waals surface area (Å²) in [6.45, 7) is -0.437. The number of carbonyl (C=O) groups excluding carboxylic acids is 1. The van der Waals surface area contributed by atoms with Gasteiger partial charge in [0.05, 0.1) is 6.04 Å². The minimum absolute atomic E-state index is 0.100. The Kier molecular flexibility index (Phi) is 6.93. The van der Waals surface area contributed by atoms with Crippen LogP contribution in [0.25, 0.3) is 0 Å². The van der Waals surface area contributed by atoms with Crippen LogP contribution in [-0.2, 0) is 4.79 Å². The number of ether oxygens (including phenoxy) is 1. The van der Waals surface area contributed by atoms with E-state index in [2.05, 4.69) is 15.4 Å². The summed E-state index contributed by atoms with van der Waals surface area (Å²) in [5.41, 5.74) is 0.563. The van der Waals surface area contributed by atoms with E-state index in [-0.39, 0.29) is 17.7 Å². The summed E-state index contributed by atoms with van der Waals surface area (Å²) in [6, 6.07) is 6.18. The van der Waals surface area contributed by atoms with Gasteiger partial charge in [-0.2, -0.15) is 8.78 Å². The molecule has 0 saturated carbocycles. The van der Waals surface area contributed by atoms with Crippen LogP contribution in [0.3, 0.4) is 0 Å². The van der Waals surface area contributed by atoms with Gasteiger partial charge in [0.25, 0.3) is 0 Å². The Morgan fingerprint density at radius 1 is 1.35 bits per heavy atom. The first kappa shape index (κ1) is 16.4. The van der Waals surface area contributed by atoms with E-state index in [9.17, 15) is 13.6 Å². The Balaban J connectivity index is 2.81. The lowest BCUT2D eigenvalue weighted by Gasteiger charge is -2.20. The largest absolute Gasteiger partial charge is 0.434 e. The Hall–Kier alpha value is -1.69. The molecule has 0 aliphatic carbocycles. The fourth-order valence-corrected chi connectivity index (χ4v) is 1.88. The molecule has 0 bridgehead atoms. The van der Waals surface area contributed by atoms with Gasteiger partial charge in [-0.1, -0.05) is 25.1 Å². The summed E-state index contributed by atoms with van der Waals surface area (Å²) >= 11 is 0. The second-order valence-corrected chi connectivity index (χ2v) is 4.30. The van der Waals surface area contributed by atoms with E-state index in [1.165, 1.54) is 6.07 Å². The van der Waals surface area contributed by atoms with Gasteiger partial charge in [-0.25, -0.2) is 0 Å². The molecule has 1 atom stereocenters. The van der Waals surface area contributed by atoms with E-state index in [0.29, 0.717) is 24.9 Å². The van der Waals surface area contributed by atoms with Gasteiger partial charge in [-0.05, 0) is 19.5 Å². The third-order valence-electron chi connectivity index (χ3n) is 2.86. The maximum absolute atomic E-state index is 12.4. The summed E-state index contributed by atoms with van der Waals surface area (Å²) in [4.78, 5) is 11.7. The molecule has 1 rings (SSSR count). The highest BCUT2D eigenvalue weighted by atomic mass is 19.3. The van der Waals surface area contributed by atoms with Crippen LogP contribution in [0.2, 0.25) is 0 Å². The lowest BCUT2D eigenvalue weighted by molar-refractivity contribution is -0.121. The van der Waals surface area contributed by atoms with Crippen molar-refractivity contribution in [1.82, 2.24) is 10.6 Å². The molecule has 1 aromatic rings. The molecule has 1 unspecified atom stereocenters. The average molecular weight is 286 g/mol. The van der Waals surface area contributed by atoms with Gasteiger partial charge >= 0.3 is 6.61 Å². The van der Waals surface area contributed by atoms with Crippen molar-refractivity contribution in [2.45, 2.75) is 32.4 Å². The van der Waals surface area contributed by atoms with Crippen molar-refractivity contribution in [3.8, 4) is 5.75 Å². The maximum atomic E-state index is 12.4. The maximum Gasteiger partial charge on any atom is 0.387 e. The zero-order chi connectivity index (χ0) is 15.0. The minimum Gasteiger partial charge on any atom is -0.434 e. The van der Waals surface area contributed by atoms with Crippen molar-refractivity contribution in [2.75, 3.05) is 13.6 Å².